The number of rotatable bonds is 1. The molecule has 1 aromatic rings. The molecule has 0 aliphatic carbocycles. The van der Waals surface area contributed by atoms with Gasteiger partial charge in [0.25, 0.3) is 5.82 Å². The van der Waals surface area contributed by atoms with Crippen LogP contribution in [-0.2, 0) is 0 Å². The number of ether oxygens (including phenoxy) is 1. The Morgan fingerprint density at radius 1 is 1.64 bits per heavy atom. The van der Waals surface area contributed by atoms with Crippen LogP contribution in [0.5, 0.6) is 5.88 Å². The van der Waals surface area contributed by atoms with Crippen LogP contribution in [0.25, 0.3) is 4.85 Å². The van der Waals surface area contributed by atoms with Crippen molar-refractivity contribution < 1.29 is 4.74 Å². The van der Waals surface area contributed by atoms with E-state index in [2.05, 4.69) is 14.8 Å². The largest absolute Gasteiger partial charge is 0.482 e. The first-order valence-corrected chi connectivity index (χ1v) is 3.10. The second-order valence-corrected chi connectivity index (χ2v) is 1.99. The van der Waals surface area contributed by atoms with Crippen molar-refractivity contribution in [2.45, 2.75) is 0 Å². The highest BCUT2D eigenvalue weighted by molar-refractivity contribution is 6.28. The van der Waals surface area contributed by atoms with Gasteiger partial charge >= 0.3 is 5.28 Å². The van der Waals surface area contributed by atoms with Crippen molar-refractivity contribution in [2.24, 2.45) is 0 Å². The zero-order chi connectivity index (χ0) is 8.27. The van der Waals surface area contributed by atoms with Gasteiger partial charge in [0.05, 0.1) is 7.11 Å². The average Bonchev–Trinajstić information content (AvgIpc) is 2.03. The fourth-order valence-corrected chi connectivity index (χ4v) is 0.717. The van der Waals surface area contributed by atoms with Gasteiger partial charge in [0.1, 0.15) is 0 Å². The van der Waals surface area contributed by atoms with Crippen molar-refractivity contribution in [2.75, 3.05) is 7.11 Å². The number of aromatic nitrogens is 2. The van der Waals surface area contributed by atoms with Gasteiger partial charge in [0, 0.05) is 6.07 Å². The molecule has 0 spiro atoms. The molecule has 0 aliphatic heterocycles. The zero-order valence-electron chi connectivity index (χ0n) is 5.71. The van der Waals surface area contributed by atoms with Gasteiger partial charge in [-0.1, -0.05) is 11.6 Å². The van der Waals surface area contributed by atoms with E-state index in [-0.39, 0.29) is 11.1 Å². The minimum absolute atomic E-state index is 0.0235. The maximum Gasteiger partial charge on any atom is 0.320 e. The second kappa shape index (κ2) is 3.17. The molecule has 4 nitrogen and oxygen atoms in total. The smallest absolute Gasteiger partial charge is 0.320 e. The van der Waals surface area contributed by atoms with E-state index in [4.69, 9.17) is 22.9 Å². The molecule has 0 N–H and O–H groups in total. The molecule has 56 valence electrons. The summed E-state index contributed by atoms with van der Waals surface area (Å²) in [6, 6.07) is 1.42. The molecular weight excluding hydrogens is 166 g/mol. The summed E-state index contributed by atoms with van der Waals surface area (Å²) in [4.78, 5) is 10.4. The molecule has 0 fully saturated rings. The van der Waals surface area contributed by atoms with Gasteiger partial charge in [0.2, 0.25) is 5.88 Å². The maximum atomic E-state index is 6.63. The van der Waals surface area contributed by atoms with Crippen LogP contribution in [0.15, 0.2) is 6.07 Å². The molecular formula is C6H4ClN3O. The molecule has 0 radical (unpaired) electrons. The summed E-state index contributed by atoms with van der Waals surface area (Å²) in [5, 5.41) is 0.0235. The van der Waals surface area contributed by atoms with Crippen LogP contribution in [-0.4, -0.2) is 17.1 Å². The Bertz CT molecular complexity index is 307. The Morgan fingerprint density at radius 2 is 2.36 bits per heavy atom. The molecule has 5 heteroatoms. The first-order valence-electron chi connectivity index (χ1n) is 2.72. The lowest BCUT2D eigenvalue weighted by Gasteiger charge is -1.95. The van der Waals surface area contributed by atoms with E-state index >= 15 is 0 Å². The normalized spacial score (nSPS) is 8.82. The van der Waals surface area contributed by atoms with Crippen molar-refractivity contribution in [3.63, 3.8) is 0 Å². The Morgan fingerprint density at radius 3 is 2.91 bits per heavy atom. The third-order valence-electron chi connectivity index (χ3n) is 0.986. The molecule has 0 saturated carbocycles. The Balaban J connectivity index is 3.15. The number of hydrogen-bond acceptors (Lipinski definition) is 3. The van der Waals surface area contributed by atoms with Gasteiger partial charge < -0.3 is 9.58 Å². The molecule has 0 atom stereocenters. The summed E-state index contributed by atoms with van der Waals surface area (Å²) in [6.07, 6.45) is 0. The fourth-order valence-electron chi connectivity index (χ4n) is 0.547. The standard InChI is InChI=1S/C6H4ClN3O/c1-8-4-3-5(11-2)10-6(7)9-4/h3H,2H3. The first-order chi connectivity index (χ1) is 5.26. The third-order valence-corrected chi connectivity index (χ3v) is 1.15. The SMILES string of the molecule is [C-]#[N+]c1cc(OC)nc(Cl)n1. The maximum absolute atomic E-state index is 6.63. The van der Waals surface area contributed by atoms with E-state index in [0.717, 1.165) is 0 Å². The zero-order valence-corrected chi connectivity index (χ0v) is 6.46. The van der Waals surface area contributed by atoms with Gasteiger partial charge in [-0.3, -0.25) is 0 Å². The van der Waals surface area contributed by atoms with E-state index in [9.17, 15) is 0 Å². The Labute approximate surface area is 68.6 Å². The van der Waals surface area contributed by atoms with Crippen LogP contribution in [0.1, 0.15) is 0 Å². The predicted molar refractivity (Wildman–Crippen MR) is 39.9 cm³/mol. The molecule has 0 aliphatic rings. The van der Waals surface area contributed by atoms with E-state index in [1.165, 1.54) is 13.2 Å². The summed E-state index contributed by atoms with van der Waals surface area (Å²) in [5.74, 6) is 0.484. The van der Waals surface area contributed by atoms with Crippen LogP contribution in [0.3, 0.4) is 0 Å². The molecule has 1 rings (SSSR count). The minimum Gasteiger partial charge on any atom is -0.482 e. The highest BCUT2D eigenvalue weighted by Crippen LogP contribution is 2.17. The second-order valence-electron chi connectivity index (χ2n) is 1.65. The van der Waals surface area contributed by atoms with Crippen LogP contribution in [0, 0.1) is 6.57 Å². The highest BCUT2D eigenvalue weighted by Gasteiger charge is 2.03. The summed E-state index contributed by atoms with van der Waals surface area (Å²) in [7, 11) is 1.45. The van der Waals surface area contributed by atoms with Gasteiger partial charge in [-0.25, -0.2) is 0 Å². The molecule has 0 amide bonds. The predicted octanol–water partition coefficient (Wildman–Crippen LogP) is 1.69. The molecule has 1 heterocycles. The monoisotopic (exact) mass is 169 g/mol. The van der Waals surface area contributed by atoms with Crippen LogP contribution < -0.4 is 4.74 Å². The molecule has 0 saturated heterocycles. The minimum atomic E-state index is 0.0235. The molecule has 1 aromatic heterocycles. The van der Waals surface area contributed by atoms with E-state index in [0.29, 0.717) is 5.88 Å². The average molecular weight is 170 g/mol. The lowest BCUT2D eigenvalue weighted by atomic mass is 10.6. The molecule has 0 aromatic carbocycles. The van der Waals surface area contributed by atoms with Gasteiger partial charge in [0.15, 0.2) is 0 Å². The van der Waals surface area contributed by atoms with Crippen molar-refractivity contribution >= 4 is 17.4 Å². The lowest BCUT2D eigenvalue weighted by molar-refractivity contribution is 0.397. The summed E-state index contributed by atoms with van der Waals surface area (Å²) in [5.41, 5.74) is 0. The van der Waals surface area contributed by atoms with E-state index in [1.54, 1.807) is 0 Å². The molecule has 0 bridgehead atoms. The van der Waals surface area contributed by atoms with Gasteiger partial charge in [-0.2, -0.15) is 4.98 Å². The van der Waals surface area contributed by atoms with Crippen molar-refractivity contribution in [1.29, 1.82) is 0 Å². The summed E-state index contributed by atoms with van der Waals surface area (Å²) < 4.78 is 4.76. The highest BCUT2D eigenvalue weighted by atomic mass is 35.5. The number of halogens is 1. The Kier molecular flexibility index (Phi) is 2.24. The van der Waals surface area contributed by atoms with E-state index < -0.39 is 0 Å². The van der Waals surface area contributed by atoms with Crippen molar-refractivity contribution in [3.8, 4) is 5.88 Å². The number of methoxy groups -OCH3 is 1. The number of hydrogen-bond donors (Lipinski definition) is 0. The van der Waals surface area contributed by atoms with E-state index in [1.807, 2.05) is 0 Å². The molecule has 11 heavy (non-hydrogen) atoms. The Hall–Kier alpha value is -1.34. The first kappa shape index (κ1) is 7.76. The fraction of sp³-hybridized carbons (Fsp3) is 0.167. The third kappa shape index (κ3) is 1.79. The van der Waals surface area contributed by atoms with Crippen molar-refractivity contribution in [1.82, 2.24) is 9.97 Å². The van der Waals surface area contributed by atoms with Gasteiger partial charge in [-0.15, -0.1) is 0 Å². The van der Waals surface area contributed by atoms with Crippen LogP contribution >= 0.6 is 11.6 Å². The van der Waals surface area contributed by atoms with Crippen molar-refractivity contribution in [3.05, 3.63) is 22.8 Å². The topological polar surface area (TPSA) is 39.4 Å². The summed E-state index contributed by atoms with van der Waals surface area (Å²) in [6.45, 7) is 6.63. The van der Waals surface area contributed by atoms with Gasteiger partial charge in [-0.05, 0) is 11.6 Å². The quantitative estimate of drug-likeness (QED) is 0.475. The summed E-state index contributed by atoms with van der Waals surface area (Å²) >= 11 is 5.46. The van der Waals surface area contributed by atoms with Crippen LogP contribution in [0.2, 0.25) is 5.28 Å². The number of nitrogens with zero attached hydrogens (tertiary/aromatic N) is 3. The lowest BCUT2D eigenvalue weighted by Crippen LogP contribution is -1.88. The molecule has 0 unspecified atom stereocenters. The van der Waals surface area contributed by atoms with Crippen LogP contribution in [0.4, 0.5) is 5.82 Å².